The van der Waals surface area contributed by atoms with Crippen LogP contribution in [0.2, 0.25) is 0 Å². The summed E-state index contributed by atoms with van der Waals surface area (Å²) in [6.45, 7) is 3.55. The molecular formula is C25H25NO4. The van der Waals surface area contributed by atoms with Gasteiger partial charge in [0.05, 0.1) is 18.7 Å². The molecule has 1 amide bonds. The average molecular weight is 403 g/mol. The zero-order chi connectivity index (χ0) is 21.5. The second-order valence-corrected chi connectivity index (χ2v) is 7.06. The Morgan fingerprint density at radius 3 is 2.17 bits per heavy atom. The lowest BCUT2D eigenvalue weighted by Crippen LogP contribution is -2.33. The van der Waals surface area contributed by atoms with Crippen molar-refractivity contribution in [3.8, 4) is 5.75 Å². The minimum atomic E-state index is -0.519. The van der Waals surface area contributed by atoms with E-state index in [-0.39, 0.29) is 18.6 Å². The van der Waals surface area contributed by atoms with Crippen LogP contribution in [0, 0.1) is 13.8 Å². The molecule has 0 bridgehead atoms. The standard InChI is InChI=1S/C25H25NO4/c1-17-9-10-21(15-18(17)2)25(28)30-16-23(27)26-24(19-7-5-4-6-8-19)20-11-13-22(29-3)14-12-20/h4-15,24H,16H2,1-3H3,(H,26,27)/t24-/m0/s1. The van der Waals surface area contributed by atoms with Gasteiger partial charge in [0.2, 0.25) is 0 Å². The summed E-state index contributed by atoms with van der Waals surface area (Å²) < 4.78 is 10.4. The van der Waals surface area contributed by atoms with Gasteiger partial charge in [-0.05, 0) is 60.4 Å². The van der Waals surface area contributed by atoms with Crippen LogP contribution in [0.1, 0.15) is 38.7 Å². The molecule has 0 radical (unpaired) electrons. The fourth-order valence-electron chi connectivity index (χ4n) is 3.09. The summed E-state index contributed by atoms with van der Waals surface area (Å²) in [6.07, 6.45) is 0. The summed E-state index contributed by atoms with van der Waals surface area (Å²) in [5.41, 5.74) is 4.35. The highest BCUT2D eigenvalue weighted by Gasteiger charge is 2.18. The predicted molar refractivity (Wildman–Crippen MR) is 116 cm³/mol. The Bertz CT molecular complexity index is 1010. The second-order valence-electron chi connectivity index (χ2n) is 7.06. The molecule has 5 heteroatoms. The number of carbonyl (C=O) groups excluding carboxylic acids is 2. The van der Waals surface area contributed by atoms with Gasteiger partial charge in [0.15, 0.2) is 6.61 Å². The van der Waals surface area contributed by atoms with E-state index in [1.807, 2.05) is 74.5 Å². The van der Waals surface area contributed by atoms with Crippen molar-refractivity contribution in [3.63, 3.8) is 0 Å². The molecule has 0 unspecified atom stereocenters. The average Bonchev–Trinajstić information content (AvgIpc) is 2.78. The molecule has 0 saturated carbocycles. The first kappa shape index (κ1) is 21.1. The largest absolute Gasteiger partial charge is 0.497 e. The van der Waals surface area contributed by atoms with E-state index in [1.165, 1.54) is 0 Å². The van der Waals surface area contributed by atoms with E-state index in [1.54, 1.807) is 19.2 Å². The number of esters is 1. The van der Waals surface area contributed by atoms with Gasteiger partial charge in [0.25, 0.3) is 5.91 Å². The van der Waals surface area contributed by atoms with Gasteiger partial charge < -0.3 is 14.8 Å². The van der Waals surface area contributed by atoms with E-state index in [0.29, 0.717) is 5.56 Å². The molecule has 0 aliphatic heterocycles. The first-order chi connectivity index (χ1) is 14.5. The number of amides is 1. The van der Waals surface area contributed by atoms with Crippen LogP contribution in [0.5, 0.6) is 5.75 Å². The van der Waals surface area contributed by atoms with Crippen molar-refractivity contribution in [2.45, 2.75) is 19.9 Å². The number of carbonyl (C=O) groups is 2. The molecule has 0 aliphatic rings. The molecule has 3 aromatic carbocycles. The van der Waals surface area contributed by atoms with E-state index in [0.717, 1.165) is 28.0 Å². The molecule has 0 fully saturated rings. The molecule has 0 spiro atoms. The summed E-state index contributed by atoms with van der Waals surface area (Å²) in [7, 11) is 1.61. The van der Waals surface area contributed by atoms with Gasteiger partial charge in [0.1, 0.15) is 5.75 Å². The molecule has 1 atom stereocenters. The first-order valence-corrected chi connectivity index (χ1v) is 9.70. The Balaban J connectivity index is 1.70. The molecule has 3 aromatic rings. The molecule has 0 heterocycles. The Morgan fingerprint density at radius 2 is 1.53 bits per heavy atom. The maximum absolute atomic E-state index is 12.6. The SMILES string of the molecule is COc1ccc([C@@H](NC(=O)COC(=O)c2ccc(C)c(C)c2)c2ccccc2)cc1. The smallest absolute Gasteiger partial charge is 0.338 e. The molecule has 5 nitrogen and oxygen atoms in total. The van der Waals surface area contributed by atoms with Gasteiger partial charge >= 0.3 is 5.97 Å². The minimum absolute atomic E-state index is 0.356. The summed E-state index contributed by atoms with van der Waals surface area (Å²) in [5.74, 6) is -0.162. The monoisotopic (exact) mass is 403 g/mol. The third-order valence-corrected chi connectivity index (χ3v) is 4.96. The van der Waals surface area contributed by atoms with Crippen molar-refractivity contribution in [3.05, 3.63) is 101 Å². The number of hydrogen-bond donors (Lipinski definition) is 1. The van der Waals surface area contributed by atoms with Gasteiger partial charge in [-0.2, -0.15) is 0 Å². The quantitative estimate of drug-likeness (QED) is 0.595. The predicted octanol–water partition coefficient (Wildman–Crippen LogP) is 4.37. The van der Waals surface area contributed by atoms with E-state index in [9.17, 15) is 9.59 Å². The molecule has 0 saturated heterocycles. The van der Waals surface area contributed by atoms with Crippen LogP contribution in [0.3, 0.4) is 0 Å². The Labute approximate surface area is 176 Å². The number of methoxy groups -OCH3 is 1. The van der Waals surface area contributed by atoms with Gasteiger partial charge in [-0.25, -0.2) is 4.79 Å². The maximum atomic E-state index is 12.6. The van der Waals surface area contributed by atoms with E-state index in [2.05, 4.69) is 5.32 Å². The number of rotatable bonds is 7. The Morgan fingerprint density at radius 1 is 0.867 bits per heavy atom. The number of ether oxygens (including phenoxy) is 2. The number of aryl methyl sites for hydroxylation is 2. The molecule has 0 aliphatic carbocycles. The lowest BCUT2D eigenvalue weighted by Gasteiger charge is -2.20. The number of benzene rings is 3. The van der Waals surface area contributed by atoms with E-state index in [4.69, 9.17) is 9.47 Å². The van der Waals surface area contributed by atoms with Crippen molar-refractivity contribution in [1.82, 2.24) is 5.32 Å². The summed E-state index contributed by atoms with van der Waals surface area (Å²) in [6, 6.07) is 22.1. The van der Waals surface area contributed by atoms with E-state index < -0.39 is 5.97 Å². The molecule has 1 N–H and O–H groups in total. The second kappa shape index (κ2) is 9.74. The summed E-state index contributed by atoms with van der Waals surface area (Å²) >= 11 is 0. The third kappa shape index (κ3) is 5.26. The van der Waals surface area contributed by atoms with Crippen LogP contribution in [-0.2, 0) is 9.53 Å². The minimum Gasteiger partial charge on any atom is -0.497 e. The summed E-state index contributed by atoms with van der Waals surface area (Å²) in [5, 5.41) is 2.96. The van der Waals surface area contributed by atoms with Crippen molar-refractivity contribution in [1.29, 1.82) is 0 Å². The van der Waals surface area contributed by atoms with Gasteiger partial charge in [-0.1, -0.05) is 48.5 Å². The maximum Gasteiger partial charge on any atom is 0.338 e. The highest BCUT2D eigenvalue weighted by Crippen LogP contribution is 2.24. The zero-order valence-electron chi connectivity index (χ0n) is 17.3. The van der Waals surface area contributed by atoms with Gasteiger partial charge in [-0.3, -0.25) is 4.79 Å². The third-order valence-electron chi connectivity index (χ3n) is 4.96. The molecule has 0 aromatic heterocycles. The fourth-order valence-corrected chi connectivity index (χ4v) is 3.09. The normalized spacial score (nSPS) is 11.4. The topological polar surface area (TPSA) is 64.6 Å². The van der Waals surface area contributed by atoms with E-state index >= 15 is 0 Å². The summed E-state index contributed by atoms with van der Waals surface area (Å²) in [4.78, 5) is 24.9. The molecule has 3 rings (SSSR count). The molecule has 154 valence electrons. The zero-order valence-corrected chi connectivity index (χ0v) is 17.3. The molecule has 30 heavy (non-hydrogen) atoms. The highest BCUT2D eigenvalue weighted by molar-refractivity contribution is 5.91. The van der Waals surface area contributed by atoms with Crippen LogP contribution in [0.4, 0.5) is 0 Å². The van der Waals surface area contributed by atoms with Crippen LogP contribution in [-0.4, -0.2) is 25.6 Å². The first-order valence-electron chi connectivity index (χ1n) is 9.70. The van der Waals surface area contributed by atoms with Gasteiger partial charge in [0, 0.05) is 0 Å². The van der Waals surface area contributed by atoms with Crippen molar-refractivity contribution >= 4 is 11.9 Å². The van der Waals surface area contributed by atoms with Crippen molar-refractivity contribution in [2.24, 2.45) is 0 Å². The molecular weight excluding hydrogens is 378 g/mol. The van der Waals surface area contributed by atoms with Gasteiger partial charge in [-0.15, -0.1) is 0 Å². The Hall–Kier alpha value is -3.60. The lowest BCUT2D eigenvalue weighted by molar-refractivity contribution is -0.124. The van der Waals surface area contributed by atoms with Crippen molar-refractivity contribution < 1.29 is 19.1 Å². The fraction of sp³-hybridized carbons (Fsp3) is 0.200. The Kier molecular flexibility index (Phi) is 6.86. The van der Waals surface area contributed by atoms with Crippen LogP contribution >= 0.6 is 0 Å². The van der Waals surface area contributed by atoms with Crippen LogP contribution in [0.25, 0.3) is 0 Å². The lowest BCUT2D eigenvalue weighted by atomic mass is 9.98. The van der Waals surface area contributed by atoms with Crippen molar-refractivity contribution in [2.75, 3.05) is 13.7 Å². The van der Waals surface area contributed by atoms with Crippen LogP contribution < -0.4 is 10.1 Å². The highest BCUT2D eigenvalue weighted by atomic mass is 16.5. The van der Waals surface area contributed by atoms with Crippen LogP contribution in [0.15, 0.2) is 72.8 Å². The number of hydrogen-bond acceptors (Lipinski definition) is 4. The number of nitrogens with one attached hydrogen (secondary N) is 1.